The monoisotopic (exact) mass is 330 g/mol. The van der Waals surface area contributed by atoms with Gasteiger partial charge in [-0.2, -0.15) is 0 Å². The fraction of sp³-hybridized carbons (Fsp3) is 0.353. The molecule has 2 N–H and O–H groups in total. The van der Waals surface area contributed by atoms with Crippen molar-refractivity contribution in [3.05, 3.63) is 53.7 Å². The number of halogens is 1. The summed E-state index contributed by atoms with van der Waals surface area (Å²) in [6, 6.07) is 6.31. The SMILES string of the molecule is Nc1nccnc1C1CN(C(=O)CCc2cccc(F)c2)CCO1. The maximum Gasteiger partial charge on any atom is 0.223 e. The lowest BCUT2D eigenvalue weighted by Gasteiger charge is -2.33. The number of nitrogens with two attached hydrogens (primary N) is 1. The lowest BCUT2D eigenvalue weighted by atomic mass is 10.1. The smallest absolute Gasteiger partial charge is 0.223 e. The van der Waals surface area contributed by atoms with Crippen LogP contribution in [-0.4, -0.2) is 40.5 Å². The van der Waals surface area contributed by atoms with Crippen molar-refractivity contribution >= 4 is 11.7 Å². The Morgan fingerprint density at radius 2 is 2.21 bits per heavy atom. The predicted molar refractivity (Wildman–Crippen MR) is 86.4 cm³/mol. The molecule has 1 aliphatic heterocycles. The van der Waals surface area contributed by atoms with Crippen molar-refractivity contribution in [2.24, 2.45) is 0 Å². The number of rotatable bonds is 4. The zero-order chi connectivity index (χ0) is 16.9. The summed E-state index contributed by atoms with van der Waals surface area (Å²) in [7, 11) is 0. The van der Waals surface area contributed by atoms with Gasteiger partial charge in [0.2, 0.25) is 5.91 Å². The van der Waals surface area contributed by atoms with E-state index in [4.69, 9.17) is 10.5 Å². The second kappa shape index (κ2) is 7.35. The number of benzene rings is 1. The summed E-state index contributed by atoms with van der Waals surface area (Å²) in [6.45, 7) is 1.34. The zero-order valence-corrected chi connectivity index (χ0v) is 13.2. The Morgan fingerprint density at radius 1 is 1.38 bits per heavy atom. The number of morpholine rings is 1. The van der Waals surface area contributed by atoms with Gasteiger partial charge in [0.05, 0.1) is 13.2 Å². The standard InChI is InChI=1S/C17H19FN4O2/c18-13-3-1-2-12(10-13)4-5-15(23)22-8-9-24-14(11-22)16-17(19)21-7-6-20-16/h1-3,6-7,10,14H,4-5,8-9,11H2,(H2,19,21). The topological polar surface area (TPSA) is 81.3 Å². The molecule has 1 amide bonds. The Morgan fingerprint density at radius 3 is 3.00 bits per heavy atom. The van der Waals surface area contributed by atoms with E-state index in [1.54, 1.807) is 17.2 Å². The molecule has 24 heavy (non-hydrogen) atoms. The summed E-state index contributed by atoms with van der Waals surface area (Å²) in [5, 5.41) is 0. The summed E-state index contributed by atoms with van der Waals surface area (Å²) in [5.74, 6) is 0.0381. The minimum atomic E-state index is -0.370. The molecule has 0 saturated carbocycles. The normalized spacial score (nSPS) is 17.7. The second-order valence-corrected chi connectivity index (χ2v) is 5.66. The fourth-order valence-corrected chi connectivity index (χ4v) is 2.75. The van der Waals surface area contributed by atoms with Gasteiger partial charge < -0.3 is 15.4 Å². The number of hydrogen-bond acceptors (Lipinski definition) is 5. The minimum absolute atomic E-state index is 0.00928. The van der Waals surface area contributed by atoms with Gasteiger partial charge in [0.1, 0.15) is 23.4 Å². The van der Waals surface area contributed by atoms with Crippen LogP contribution in [0.5, 0.6) is 0 Å². The predicted octanol–water partition coefficient (Wildman–Crippen LogP) is 1.73. The van der Waals surface area contributed by atoms with Crippen LogP contribution in [0.25, 0.3) is 0 Å². The Kier molecular flexibility index (Phi) is 5.00. The van der Waals surface area contributed by atoms with Crippen LogP contribution in [0.15, 0.2) is 36.7 Å². The van der Waals surface area contributed by atoms with Gasteiger partial charge in [0.15, 0.2) is 0 Å². The number of ether oxygens (including phenoxy) is 1. The van der Waals surface area contributed by atoms with Crippen molar-refractivity contribution < 1.29 is 13.9 Å². The lowest BCUT2D eigenvalue weighted by molar-refractivity contribution is -0.139. The van der Waals surface area contributed by atoms with E-state index in [1.807, 2.05) is 6.07 Å². The number of carbonyl (C=O) groups excluding carboxylic acids is 1. The Hall–Kier alpha value is -2.54. The molecule has 1 aromatic heterocycles. The average molecular weight is 330 g/mol. The number of amides is 1. The minimum Gasteiger partial charge on any atom is -0.382 e. The number of nitrogen functional groups attached to an aromatic ring is 1. The number of carbonyl (C=O) groups is 1. The first kappa shape index (κ1) is 16.3. The quantitative estimate of drug-likeness (QED) is 0.923. The number of hydrogen-bond donors (Lipinski definition) is 1. The van der Waals surface area contributed by atoms with Crippen molar-refractivity contribution in [1.82, 2.24) is 14.9 Å². The molecule has 7 heteroatoms. The van der Waals surface area contributed by atoms with E-state index in [2.05, 4.69) is 9.97 Å². The summed E-state index contributed by atoms with van der Waals surface area (Å²) < 4.78 is 18.9. The van der Waals surface area contributed by atoms with Gasteiger partial charge in [-0.05, 0) is 24.1 Å². The van der Waals surface area contributed by atoms with E-state index in [0.717, 1.165) is 5.56 Å². The molecule has 1 aliphatic rings. The van der Waals surface area contributed by atoms with Gasteiger partial charge in [-0.3, -0.25) is 9.78 Å². The van der Waals surface area contributed by atoms with Gasteiger partial charge in [-0.25, -0.2) is 9.37 Å². The molecule has 0 spiro atoms. The molecule has 0 bridgehead atoms. The molecular formula is C17H19FN4O2. The van der Waals surface area contributed by atoms with Crippen molar-refractivity contribution in [2.75, 3.05) is 25.4 Å². The summed E-state index contributed by atoms with van der Waals surface area (Å²) in [6.07, 6.45) is 3.53. The van der Waals surface area contributed by atoms with Crippen molar-refractivity contribution in [3.8, 4) is 0 Å². The Bertz CT molecular complexity index is 725. The third-order valence-electron chi connectivity index (χ3n) is 4.00. The molecule has 126 valence electrons. The largest absolute Gasteiger partial charge is 0.382 e. The van der Waals surface area contributed by atoms with Crippen LogP contribution >= 0.6 is 0 Å². The highest BCUT2D eigenvalue weighted by molar-refractivity contribution is 5.76. The molecular weight excluding hydrogens is 311 g/mol. The fourth-order valence-electron chi connectivity index (χ4n) is 2.75. The summed E-state index contributed by atoms with van der Waals surface area (Å²) in [5.41, 5.74) is 7.20. The first-order chi connectivity index (χ1) is 11.6. The van der Waals surface area contributed by atoms with E-state index in [1.165, 1.54) is 18.3 Å². The molecule has 1 atom stereocenters. The van der Waals surface area contributed by atoms with E-state index in [9.17, 15) is 9.18 Å². The molecule has 6 nitrogen and oxygen atoms in total. The lowest BCUT2D eigenvalue weighted by Crippen LogP contribution is -2.42. The highest BCUT2D eigenvalue weighted by Gasteiger charge is 2.27. The van der Waals surface area contributed by atoms with Crippen molar-refractivity contribution in [3.63, 3.8) is 0 Å². The van der Waals surface area contributed by atoms with Crippen LogP contribution in [0.1, 0.15) is 23.8 Å². The van der Waals surface area contributed by atoms with Crippen molar-refractivity contribution in [2.45, 2.75) is 18.9 Å². The van der Waals surface area contributed by atoms with Gasteiger partial charge >= 0.3 is 0 Å². The van der Waals surface area contributed by atoms with Crippen LogP contribution in [0.3, 0.4) is 0 Å². The second-order valence-electron chi connectivity index (χ2n) is 5.66. The Balaban J connectivity index is 1.60. The average Bonchev–Trinajstić information content (AvgIpc) is 2.60. The first-order valence-corrected chi connectivity index (χ1v) is 7.83. The van der Waals surface area contributed by atoms with E-state index >= 15 is 0 Å². The van der Waals surface area contributed by atoms with Gasteiger partial charge in [-0.15, -0.1) is 0 Å². The maximum atomic E-state index is 13.2. The van der Waals surface area contributed by atoms with E-state index in [0.29, 0.717) is 44.0 Å². The molecule has 2 aromatic rings. The molecule has 3 rings (SSSR count). The van der Waals surface area contributed by atoms with Gasteiger partial charge in [0, 0.05) is 25.4 Å². The third-order valence-corrected chi connectivity index (χ3v) is 4.00. The van der Waals surface area contributed by atoms with E-state index in [-0.39, 0.29) is 17.8 Å². The number of anilines is 1. The van der Waals surface area contributed by atoms with Crippen LogP contribution in [0.2, 0.25) is 0 Å². The summed E-state index contributed by atoms with van der Waals surface area (Å²) >= 11 is 0. The van der Waals surface area contributed by atoms with Gasteiger partial charge in [-0.1, -0.05) is 12.1 Å². The number of aromatic nitrogens is 2. The van der Waals surface area contributed by atoms with Gasteiger partial charge in [0.25, 0.3) is 0 Å². The van der Waals surface area contributed by atoms with Crippen LogP contribution in [-0.2, 0) is 16.0 Å². The van der Waals surface area contributed by atoms with Crippen molar-refractivity contribution in [1.29, 1.82) is 0 Å². The maximum absolute atomic E-state index is 13.2. The molecule has 1 unspecified atom stereocenters. The molecule has 1 aromatic carbocycles. The number of nitrogens with zero attached hydrogens (tertiary/aromatic N) is 3. The van der Waals surface area contributed by atoms with E-state index < -0.39 is 0 Å². The summed E-state index contributed by atoms with van der Waals surface area (Å²) in [4.78, 5) is 22.4. The highest BCUT2D eigenvalue weighted by atomic mass is 19.1. The molecule has 1 saturated heterocycles. The highest BCUT2D eigenvalue weighted by Crippen LogP contribution is 2.24. The van der Waals surface area contributed by atoms with Crippen LogP contribution < -0.4 is 5.73 Å². The number of aryl methyl sites for hydroxylation is 1. The zero-order valence-electron chi connectivity index (χ0n) is 13.2. The molecule has 1 fully saturated rings. The first-order valence-electron chi connectivity index (χ1n) is 7.83. The Labute approximate surface area is 139 Å². The third kappa shape index (κ3) is 3.86. The molecule has 0 radical (unpaired) electrons. The molecule has 0 aliphatic carbocycles. The van der Waals surface area contributed by atoms with Crippen LogP contribution in [0.4, 0.5) is 10.2 Å². The van der Waals surface area contributed by atoms with Crippen LogP contribution in [0, 0.1) is 5.82 Å². The molecule has 2 heterocycles.